The van der Waals surface area contributed by atoms with Crippen molar-refractivity contribution in [2.75, 3.05) is 6.61 Å². The molecule has 2 heteroatoms. The number of hydrogen-bond acceptors (Lipinski definition) is 2. The summed E-state index contributed by atoms with van der Waals surface area (Å²) in [7, 11) is 0. The van der Waals surface area contributed by atoms with Crippen molar-refractivity contribution in [3.63, 3.8) is 0 Å². The lowest BCUT2D eigenvalue weighted by atomic mass is 10.2. The highest BCUT2D eigenvalue weighted by molar-refractivity contribution is 5.13. The van der Waals surface area contributed by atoms with Crippen LogP contribution < -0.4 is 6.15 Å². The second kappa shape index (κ2) is 6.83. The van der Waals surface area contributed by atoms with Crippen molar-refractivity contribution in [2.45, 2.75) is 20.0 Å². The maximum absolute atomic E-state index is 5.37. The minimum Gasteiger partial charge on any atom is -0.377 e. The fourth-order valence-electron chi connectivity index (χ4n) is 0.909. The summed E-state index contributed by atoms with van der Waals surface area (Å²) in [6.07, 6.45) is 1.09. The molecule has 0 aromatic heterocycles. The van der Waals surface area contributed by atoms with E-state index in [9.17, 15) is 0 Å². The van der Waals surface area contributed by atoms with Crippen LogP contribution in [0, 0.1) is 0 Å². The van der Waals surface area contributed by atoms with E-state index in [0.29, 0.717) is 0 Å². The van der Waals surface area contributed by atoms with Crippen molar-refractivity contribution < 1.29 is 4.74 Å². The zero-order valence-electron chi connectivity index (χ0n) is 7.62. The predicted octanol–water partition coefficient (Wildman–Crippen LogP) is 2.78. The fourth-order valence-corrected chi connectivity index (χ4v) is 0.909. The average molecular weight is 167 g/mol. The minimum absolute atomic E-state index is 0. The Morgan fingerprint density at radius 3 is 2.42 bits per heavy atom. The van der Waals surface area contributed by atoms with Crippen LogP contribution in [0.3, 0.4) is 0 Å². The van der Waals surface area contributed by atoms with Crippen LogP contribution in [-0.2, 0) is 11.3 Å². The Balaban J connectivity index is 0.00000121. The van der Waals surface area contributed by atoms with Crippen LogP contribution in [0.4, 0.5) is 0 Å². The van der Waals surface area contributed by atoms with Crippen molar-refractivity contribution in [1.82, 2.24) is 6.15 Å². The van der Waals surface area contributed by atoms with Gasteiger partial charge in [-0.3, -0.25) is 0 Å². The molecule has 0 aliphatic carbocycles. The van der Waals surface area contributed by atoms with Crippen molar-refractivity contribution in [1.29, 1.82) is 0 Å². The van der Waals surface area contributed by atoms with E-state index in [0.717, 1.165) is 19.6 Å². The normalized spacial score (nSPS) is 9.08. The lowest BCUT2D eigenvalue weighted by Gasteiger charge is -2.00. The number of benzene rings is 1. The fraction of sp³-hybridized carbons (Fsp3) is 0.400. The highest BCUT2D eigenvalue weighted by Gasteiger charge is 1.88. The lowest BCUT2D eigenvalue weighted by Crippen LogP contribution is -1.92. The van der Waals surface area contributed by atoms with E-state index in [2.05, 4.69) is 19.1 Å². The van der Waals surface area contributed by atoms with Crippen LogP contribution >= 0.6 is 0 Å². The Hall–Kier alpha value is -0.860. The van der Waals surface area contributed by atoms with Crippen molar-refractivity contribution in [3.8, 4) is 0 Å². The summed E-state index contributed by atoms with van der Waals surface area (Å²) < 4.78 is 5.37. The van der Waals surface area contributed by atoms with E-state index in [1.807, 2.05) is 18.2 Å². The molecule has 0 saturated carbocycles. The molecule has 2 nitrogen and oxygen atoms in total. The van der Waals surface area contributed by atoms with Gasteiger partial charge in [0.2, 0.25) is 0 Å². The second-order valence-corrected chi connectivity index (χ2v) is 2.54. The summed E-state index contributed by atoms with van der Waals surface area (Å²) in [6, 6.07) is 10.2. The zero-order chi connectivity index (χ0) is 7.94. The van der Waals surface area contributed by atoms with Gasteiger partial charge in [0.05, 0.1) is 6.61 Å². The Kier molecular flexibility index (Phi) is 6.34. The van der Waals surface area contributed by atoms with Crippen LogP contribution in [0.1, 0.15) is 18.9 Å². The van der Waals surface area contributed by atoms with Crippen LogP contribution in [0.2, 0.25) is 0 Å². The smallest absolute Gasteiger partial charge is 0.0716 e. The van der Waals surface area contributed by atoms with Gasteiger partial charge in [0.1, 0.15) is 0 Å². The maximum atomic E-state index is 5.37. The van der Waals surface area contributed by atoms with Crippen LogP contribution in [-0.4, -0.2) is 6.61 Å². The van der Waals surface area contributed by atoms with E-state index in [-0.39, 0.29) is 6.15 Å². The quantitative estimate of drug-likeness (QED) is 0.701. The molecular formula is C10H17NO. The Morgan fingerprint density at radius 2 is 1.83 bits per heavy atom. The molecule has 0 atom stereocenters. The first-order valence-corrected chi connectivity index (χ1v) is 4.05. The first-order chi connectivity index (χ1) is 5.43. The molecule has 1 aromatic rings. The minimum atomic E-state index is 0. The van der Waals surface area contributed by atoms with E-state index in [1.54, 1.807) is 0 Å². The molecule has 12 heavy (non-hydrogen) atoms. The molecule has 0 aliphatic rings. The van der Waals surface area contributed by atoms with Gasteiger partial charge in [-0.2, -0.15) is 0 Å². The lowest BCUT2D eigenvalue weighted by molar-refractivity contribution is 0.121. The first kappa shape index (κ1) is 11.1. The van der Waals surface area contributed by atoms with E-state index in [4.69, 9.17) is 4.74 Å². The van der Waals surface area contributed by atoms with Gasteiger partial charge in [0.15, 0.2) is 0 Å². The Bertz CT molecular complexity index is 186. The highest BCUT2D eigenvalue weighted by atomic mass is 16.5. The molecule has 0 aliphatic heterocycles. The van der Waals surface area contributed by atoms with Crippen LogP contribution in [0.15, 0.2) is 30.3 Å². The molecule has 0 unspecified atom stereocenters. The number of ether oxygens (including phenoxy) is 1. The molecule has 0 spiro atoms. The second-order valence-electron chi connectivity index (χ2n) is 2.54. The van der Waals surface area contributed by atoms with Crippen LogP contribution in [0.5, 0.6) is 0 Å². The molecule has 0 saturated heterocycles. The summed E-state index contributed by atoms with van der Waals surface area (Å²) in [6.45, 7) is 3.72. The van der Waals surface area contributed by atoms with Gasteiger partial charge in [0.25, 0.3) is 0 Å². The molecule has 0 heterocycles. The maximum Gasteiger partial charge on any atom is 0.0716 e. The zero-order valence-corrected chi connectivity index (χ0v) is 7.62. The van der Waals surface area contributed by atoms with Crippen LogP contribution in [0.25, 0.3) is 0 Å². The molecular weight excluding hydrogens is 150 g/mol. The summed E-state index contributed by atoms with van der Waals surface area (Å²) >= 11 is 0. The molecule has 3 N–H and O–H groups in total. The topological polar surface area (TPSA) is 44.2 Å². The summed E-state index contributed by atoms with van der Waals surface area (Å²) in [5, 5.41) is 0. The molecule has 1 rings (SSSR count). The van der Waals surface area contributed by atoms with Crippen molar-refractivity contribution in [3.05, 3.63) is 35.9 Å². The monoisotopic (exact) mass is 167 g/mol. The third-order valence-electron chi connectivity index (χ3n) is 1.46. The van der Waals surface area contributed by atoms with Crippen molar-refractivity contribution in [2.24, 2.45) is 0 Å². The number of rotatable bonds is 4. The molecule has 68 valence electrons. The summed E-state index contributed by atoms with van der Waals surface area (Å²) in [5.74, 6) is 0. The number of hydrogen-bond donors (Lipinski definition) is 1. The standard InChI is InChI=1S/C10H14O.H3N/c1-2-8-11-9-10-6-4-3-5-7-10;/h3-7H,2,8-9H2,1H3;1H3. The molecule has 1 aromatic carbocycles. The SMILES string of the molecule is CCCOCc1ccccc1.N. The largest absolute Gasteiger partial charge is 0.377 e. The average Bonchev–Trinajstić information content (AvgIpc) is 2.07. The summed E-state index contributed by atoms with van der Waals surface area (Å²) in [5.41, 5.74) is 1.25. The van der Waals surface area contributed by atoms with E-state index in [1.165, 1.54) is 5.56 Å². The van der Waals surface area contributed by atoms with Crippen molar-refractivity contribution >= 4 is 0 Å². The highest BCUT2D eigenvalue weighted by Crippen LogP contribution is 2.00. The Labute approximate surface area is 74.1 Å². The van der Waals surface area contributed by atoms with Gasteiger partial charge < -0.3 is 10.9 Å². The first-order valence-electron chi connectivity index (χ1n) is 4.05. The van der Waals surface area contributed by atoms with Gasteiger partial charge in [0, 0.05) is 6.61 Å². The van der Waals surface area contributed by atoms with Gasteiger partial charge in [-0.05, 0) is 12.0 Å². The molecule has 0 bridgehead atoms. The van der Waals surface area contributed by atoms with E-state index < -0.39 is 0 Å². The molecule has 0 amide bonds. The summed E-state index contributed by atoms with van der Waals surface area (Å²) in [4.78, 5) is 0. The van der Waals surface area contributed by atoms with E-state index >= 15 is 0 Å². The van der Waals surface area contributed by atoms with Gasteiger partial charge in [-0.25, -0.2) is 0 Å². The molecule has 0 fully saturated rings. The molecule has 0 radical (unpaired) electrons. The van der Waals surface area contributed by atoms with Gasteiger partial charge in [-0.15, -0.1) is 0 Å². The van der Waals surface area contributed by atoms with Gasteiger partial charge >= 0.3 is 0 Å². The third kappa shape index (κ3) is 4.11. The third-order valence-corrected chi connectivity index (χ3v) is 1.46. The van der Waals surface area contributed by atoms with Gasteiger partial charge in [-0.1, -0.05) is 37.3 Å². The predicted molar refractivity (Wildman–Crippen MR) is 51.4 cm³/mol. The Morgan fingerprint density at radius 1 is 1.17 bits per heavy atom.